The molecule has 2 nitrogen and oxygen atoms in total. The minimum absolute atomic E-state index is 0.0889. The fourth-order valence-corrected chi connectivity index (χ4v) is 2.24. The first kappa shape index (κ1) is 14.5. The highest BCUT2D eigenvalue weighted by atomic mass is 19.1. The number of aryl methyl sites for hydroxylation is 1. The van der Waals surface area contributed by atoms with Crippen LogP contribution in [0, 0.1) is 12.7 Å². The third-order valence-corrected chi connectivity index (χ3v) is 3.41. The third kappa shape index (κ3) is 3.36. The monoisotopic (exact) mass is 273 g/mol. The Hall–Kier alpha value is -1.87. The number of methoxy groups -OCH3 is 1. The molecule has 0 bridgehead atoms. The molecule has 106 valence electrons. The lowest BCUT2D eigenvalue weighted by molar-refractivity contribution is 0.401. The number of ether oxygens (including phenoxy) is 1. The zero-order valence-corrected chi connectivity index (χ0v) is 12.1. The summed E-state index contributed by atoms with van der Waals surface area (Å²) in [6, 6.07) is 13.1. The first-order valence-corrected chi connectivity index (χ1v) is 6.73. The predicted octanol–water partition coefficient (Wildman–Crippen LogP) is 3.99. The summed E-state index contributed by atoms with van der Waals surface area (Å²) in [6.07, 6.45) is 0. The molecule has 0 spiro atoms. The van der Waals surface area contributed by atoms with Gasteiger partial charge >= 0.3 is 0 Å². The molecule has 0 aliphatic carbocycles. The second kappa shape index (κ2) is 6.53. The average Bonchev–Trinajstić information content (AvgIpc) is 2.47. The largest absolute Gasteiger partial charge is 0.496 e. The van der Waals surface area contributed by atoms with Crippen LogP contribution >= 0.6 is 0 Å². The molecule has 0 amide bonds. The highest BCUT2D eigenvalue weighted by Gasteiger charge is 2.11. The zero-order valence-electron chi connectivity index (χ0n) is 12.1. The van der Waals surface area contributed by atoms with Crippen LogP contribution in [0.25, 0.3) is 0 Å². The summed E-state index contributed by atoms with van der Waals surface area (Å²) in [5, 5.41) is 3.34. The lowest BCUT2D eigenvalue weighted by atomic mass is 10.1. The molecule has 20 heavy (non-hydrogen) atoms. The van der Waals surface area contributed by atoms with E-state index in [2.05, 4.69) is 5.32 Å². The molecule has 0 saturated heterocycles. The van der Waals surface area contributed by atoms with Crippen molar-refractivity contribution in [2.45, 2.75) is 26.4 Å². The first-order chi connectivity index (χ1) is 9.61. The van der Waals surface area contributed by atoms with E-state index in [1.54, 1.807) is 13.2 Å². The minimum Gasteiger partial charge on any atom is -0.496 e. The fourth-order valence-electron chi connectivity index (χ4n) is 2.24. The van der Waals surface area contributed by atoms with Crippen LogP contribution in [0.1, 0.15) is 29.7 Å². The fraction of sp³-hybridized carbons (Fsp3) is 0.294. The number of halogens is 1. The van der Waals surface area contributed by atoms with E-state index in [4.69, 9.17) is 4.74 Å². The molecular formula is C17H20FNO. The Labute approximate surface area is 119 Å². The summed E-state index contributed by atoms with van der Waals surface area (Å²) in [5.41, 5.74) is 2.82. The van der Waals surface area contributed by atoms with Crippen molar-refractivity contribution in [3.63, 3.8) is 0 Å². The molecule has 0 aliphatic rings. The number of hydrogen-bond donors (Lipinski definition) is 1. The summed E-state index contributed by atoms with van der Waals surface area (Å²) in [5.74, 6) is 0.674. The van der Waals surface area contributed by atoms with Crippen LogP contribution in [-0.2, 0) is 6.54 Å². The summed E-state index contributed by atoms with van der Waals surface area (Å²) in [7, 11) is 1.66. The van der Waals surface area contributed by atoms with Gasteiger partial charge in [0.05, 0.1) is 7.11 Å². The van der Waals surface area contributed by atoms with Crippen molar-refractivity contribution in [2.24, 2.45) is 0 Å². The van der Waals surface area contributed by atoms with Crippen LogP contribution in [0.4, 0.5) is 4.39 Å². The number of hydrogen-bond acceptors (Lipinski definition) is 2. The van der Waals surface area contributed by atoms with Gasteiger partial charge in [-0.1, -0.05) is 35.9 Å². The number of rotatable bonds is 5. The van der Waals surface area contributed by atoms with Gasteiger partial charge in [0.15, 0.2) is 0 Å². The molecule has 1 atom stereocenters. The molecular weight excluding hydrogens is 253 g/mol. The Bertz CT molecular complexity index is 583. The van der Waals surface area contributed by atoms with E-state index < -0.39 is 0 Å². The van der Waals surface area contributed by atoms with Crippen molar-refractivity contribution in [2.75, 3.05) is 7.11 Å². The summed E-state index contributed by atoms with van der Waals surface area (Å²) < 4.78 is 19.1. The molecule has 0 aromatic heterocycles. The van der Waals surface area contributed by atoms with Crippen LogP contribution < -0.4 is 10.1 Å². The number of para-hydroxylation sites is 1. The Morgan fingerprint density at radius 3 is 2.70 bits per heavy atom. The molecule has 0 unspecified atom stereocenters. The first-order valence-electron chi connectivity index (χ1n) is 6.73. The van der Waals surface area contributed by atoms with E-state index >= 15 is 0 Å². The molecule has 2 aromatic carbocycles. The van der Waals surface area contributed by atoms with E-state index in [0.717, 1.165) is 16.9 Å². The molecule has 1 N–H and O–H groups in total. The highest BCUT2D eigenvalue weighted by molar-refractivity contribution is 5.35. The van der Waals surface area contributed by atoms with Crippen molar-refractivity contribution in [3.8, 4) is 5.75 Å². The van der Waals surface area contributed by atoms with Crippen molar-refractivity contribution in [1.82, 2.24) is 5.32 Å². The smallest absolute Gasteiger partial charge is 0.127 e. The van der Waals surface area contributed by atoms with Gasteiger partial charge in [-0.3, -0.25) is 0 Å². The summed E-state index contributed by atoms with van der Waals surface area (Å²) >= 11 is 0. The Morgan fingerprint density at radius 2 is 1.95 bits per heavy atom. The van der Waals surface area contributed by atoms with Crippen molar-refractivity contribution < 1.29 is 9.13 Å². The second-order valence-electron chi connectivity index (χ2n) is 4.94. The quantitative estimate of drug-likeness (QED) is 0.889. The van der Waals surface area contributed by atoms with Gasteiger partial charge < -0.3 is 10.1 Å². The van der Waals surface area contributed by atoms with Crippen LogP contribution in [0.15, 0.2) is 42.5 Å². The standard InChI is InChI=1S/C17H20FNO/c1-12-8-9-16(18)14(10-12)11-19-13(2)15-6-4-5-7-17(15)20-3/h4-10,13,19H,11H2,1-3H3/t13-/m1/s1. The molecule has 0 radical (unpaired) electrons. The second-order valence-corrected chi connectivity index (χ2v) is 4.94. The Kier molecular flexibility index (Phi) is 4.74. The van der Waals surface area contributed by atoms with Crippen molar-refractivity contribution in [3.05, 3.63) is 65.0 Å². The normalized spacial score (nSPS) is 12.2. The van der Waals surface area contributed by atoms with E-state index in [1.165, 1.54) is 6.07 Å². The van der Waals surface area contributed by atoms with Crippen molar-refractivity contribution >= 4 is 0 Å². The Balaban J connectivity index is 2.08. The van der Waals surface area contributed by atoms with E-state index in [-0.39, 0.29) is 11.9 Å². The van der Waals surface area contributed by atoms with Gasteiger partial charge in [-0.05, 0) is 26.0 Å². The maximum absolute atomic E-state index is 13.7. The van der Waals surface area contributed by atoms with E-state index in [1.807, 2.05) is 44.2 Å². The third-order valence-electron chi connectivity index (χ3n) is 3.41. The van der Waals surface area contributed by atoms with Crippen LogP contribution in [-0.4, -0.2) is 7.11 Å². The number of benzene rings is 2. The van der Waals surface area contributed by atoms with Crippen LogP contribution in [0.3, 0.4) is 0 Å². The molecule has 3 heteroatoms. The highest BCUT2D eigenvalue weighted by Crippen LogP contribution is 2.24. The molecule has 0 fully saturated rings. The van der Waals surface area contributed by atoms with E-state index in [0.29, 0.717) is 12.1 Å². The topological polar surface area (TPSA) is 21.3 Å². The summed E-state index contributed by atoms with van der Waals surface area (Å²) in [6.45, 7) is 4.50. The van der Waals surface area contributed by atoms with Crippen molar-refractivity contribution in [1.29, 1.82) is 0 Å². The molecule has 0 saturated carbocycles. The van der Waals surface area contributed by atoms with Gasteiger partial charge in [0, 0.05) is 23.7 Å². The average molecular weight is 273 g/mol. The molecule has 2 rings (SSSR count). The van der Waals surface area contributed by atoms with E-state index in [9.17, 15) is 4.39 Å². The van der Waals surface area contributed by atoms with Gasteiger partial charge in [-0.15, -0.1) is 0 Å². The van der Waals surface area contributed by atoms with Crippen LogP contribution in [0.5, 0.6) is 5.75 Å². The van der Waals surface area contributed by atoms with Crippen LogP contribution in [0.2, 0.25) is 0 Å². The van der Waals surface area contributed by atoms with Gasteiger partial charge in [0.25, 0.3) is 0 Å². The van der Waals surface area contributed by atoms with Gasteiger partial charge in [-0.25, -0.2) is 4.39 Å². The van der Waals surface area contributed by atoms with Gasteiger partial charge in [0.2, 0.25) is 0 Å². The lowest BCUT2D eigenvalue weighted by Crippen LogP contribution is -2.19. The SMILES string of the molecule is COc1ccccc1[C@@H](C)NCc1cc(C)ccc1F. The zero-order chi connectivity index (χ0) is 14.5. The predicted molar refractivity (Wildman–Crippen MR) is 79.4 cm³/mol. The summed E-state index contributed by atoms with van der Waals surface area (Å²) in [4.78, 5) is 0. The van der Waals surface area contributed by atoms with Gasteiger partial charge in [0.1, 0.15) is 11.6 Å². The molecule has 0 heterocycles. The number of nitrogens with one attached hydrogen (secondary N) is 1. The lowest BCUT2D eigenvalue weighted by Gasteiger charge is -2.17. The maximum Gasteiger partial charge on any atom is 0.127 e. The molecule has 2 aromatic rings. The minimum atomic E-state index is -0.171. The molecule has 0 aliphatic heterocycles. The Morgan fingerprint density at radius 1 is 1.20 bits per heavy atom. The van der Waals surface area contributed by atoms with Gasteiger partial charge in [-0.2, -0.15) is 0 Å². The maximum atomic E-state index is 13.7.